The van der Waals surface area contributed by atoms with Gasteiger partial charge in [0.2, 0.25) is 5.91 Å². The van der Waals surface area contributed by atoms with Gasteiger partial charge in [0.25, 0.3) is 5.91 Å². The maximum Gasteiger partial charge on any atom is 0.269 e. The molecular formula is C25H18ClN3O2S. The molecule has 4 rings (SSSR count). The molecule has 2 amide bonds. The Hall–Kier alpha value is -3.53. The number of anilines is 2. The number of thioether (sulfide) groups is 1. The molecular weight excluding hydrogens is 442 g/mol. The van der Waals surface area contributed by atoms with Crippen molar-refractivity contribution in [3.05, 3.63) is 106 Å². The first-order chi connectivity index (χ1) is 15.6. The highest BCUT2D eigenvalue weighted by molar-refractivity contribution is 8.05. The van der Waals surface area contributed by atoms with Crippen molar-refractivity contribution < 1.29 is 9.59 Å². The fraction of sp³-hybridized carbons (Fsp3) is 0.0800. The predicted molar refractivity (Wildman–Crippen MR) is 128 cm³/mol. The standard InChI is InChI=1S/C25H18ClN3O2S/c26-18-11-13-20(14-12-18)29-24(31)22(15-17-7-3-1-4-8-17)32-25(29)21(16-27)23(30)28-19-9-5-2-6-10-19/h1-14,22H,15H2,(H,28,30). The fourth-order valence-corrected chi connectivity index (χ4v) is 4.79. The molecule has 3 aromatic carbocycles. The van der Waals surface area contributed by atoms with Crippen molar-refractivity contribution in [1.82, 2.24) is 0 Å². The molecule has 0 saturated carbocycles. The first-order valence-corrected chi connectivity index (χ1v) is 11.1. The van der Waals surface area contributed by atoms with Gasteiger partial charge in [-0.05, 0) is 48.4 Å². The summed E-state index contributed by atoms with van der Waals surface area (Å²) in [6.45, 7) is 0. The van der Waals surface area contributed by atoms with Crippen LogP contribution in [0.5, 0.6) is 0 Å². The second kappa shape index (κ2) is 9.73. The van der Waals surface area contributed by atoms with E-state index in [2.05, 4.69) is 5.32 Å². The number of benzene rings is 3. The molecule has 0 radical (unpaired) electrons. The van der Waals surface area contributed by atoms with Gasteiger partial charge in [-0.15, -0.1) is 0 Å². The van der Waals surface area contributed by atoms with Gasteiger partial charge in [-0.25, -0.2) is 0 Å². The lowest BCUT2D eigenvalue weighted by molar-refractivity contribution is -0.117. The minimum atomic E-state index is -0.562. The zero-order valence-corrected chi connectivity index (χ0v) is 18.4. The fourth-order valence-electron chi connectivity index (χ4n) is 3.36. The summed E-state index contributed by atoms with van der Waals surface area (Å²) in [4.78, 5) is 27.8. The van der Waals surface area contributed by atoms with Gasteiger partial charge < -0.3 is 5.32 Å². The van der Waals surface area contributed by atoms with E-state index in [-0.39, 0.29) is 11.5 Å². The monoisotopic (exact) mass is 459 g/mol. The van der Waals surface area contributed by atoms with Crippen LogP contribution in [0.2, 0.25) is 5.02 Å². The molecule has 0 aliphatic carbocycles. The van der Waals surface area contributed by atoms with Crippen LogP contribution < -0.4 is 10.2 Å². The Bertz CT molecular complexity index is 1210. The Morgan fingerprint density at radius 3 is 2.25 bits per heavy atom. The minimum absolute atomic E-state index is 0.113. The molecule has 1 fully saturated rings. The number of nitriles is 1. The largest absolute Gasteiger partial charge is 0.321 e. The van der Waals surface area contributed by atoms with E-state index in [1.807, 2.05) is 42.5 Å². The van der Waals surface area contributed by atoms with Crippen LogP contribution in [0.15, 0.2) is 95.5 Å². The first-order valence-electron chi connectivity index (χ1n) is 9.87. The van der Waals surface area contributed by atoms with Gasteiger partial charge >= 0.3 is 0 Å². The molecule has 1 N–H and O–H groups in total. The summed E-state index contributed by atoms with van der Waals surface area (Å²) in [5.74, 6) is -0.746. The van der Waals surface area contributed by atoms with E-state index in [9.17, 15) is 14.9 Å². The molecule has 1 heterocycles. The molecule has 0 aromatic heterocycles. The van der Waals surface area contributed by atoms with Gasteiger partial charge in [0, 0.05) is 16.4 Å². The molecule has 0 spiro atoms. The smallest absolute Gasteiger partial charge is 0.269 e. The quantitative estimate of drug-likeness (QED) is 0.409. The van der Waals surface area contributed by atoms with Crippen LogP contribution in [-0.2, 0) is 16.0 Å². The lowest BCUT2D eigenvalue weighted by atomic mass is 10.1. The van der Waals surface area contributed by atoms with Crippen LogP contribution in [-0.4, -0.2) is 17.1 Å². The number of halogens is 1. The normalized spacial score (nSPS) is 17.1. The van der Waals surface area contributed by atoms with E-state index in [0.717, 1.165) is 5.56 Å². The molecule has 0 bridgehead atoms. The number of carbonyl (C=O) groups is 2. The number of nitrogens with one attached hydrogen (secondary N) is 1. The number of amides is 2. The molecule has 32 heavy (non-hydrogen) atoms. The van der Waals surface area contributed by atoms with Crippen LogP contribution in [0.25, 0.3) is 0 Å². The average Bonchev–Trinajstić information content (AvgIpc) is 3.12. The molecule has 1 atom stereocenters. The summed E-state index contributed by atoms with van der Waals surface area (Å²) in [6.07, 6.45) is 0.483. The topological polar surface area (TPSA) is 73.2 Å². The highest BCUT2D eigenvalue weighted by atomic mass is 35.5. The van der Waals surface area contributed by atoms with E-state index in [4.69, 9.17) is 11.6 Å². The Balaban J connectivity index is 1.73. The second-order valence-corrected chi connectivity index (χ2v) is 8.69. The summed E-state index contributed by atoms with van der Waals surface area (Å²) < 4.78 is 0. The molecule has 1 unspecified atom stereocenters. The Morgan fingerprint density at radius 1 is 1.00 bits per heavy atom. The summed E-state index contributed by atoms with van der Waals surface area (Å²) in [7, 11) is 0. The highest BCUT2D eigenvalue weighted by Crippen LogP contribution is 2.42. The van der Waals surface area contributed by atoms with Crippen LogP contribution in [0.4, 0.5) is 11.4 Å². The zero-order chi connectivity index (χ0) is 22.5. The van der Waals surface area contributed by atoms with Crippen LogP contribution in [0.1, 0.15) is 5.56 Å². The third-order valence-corrected chi connectivity index (χ3v) is 6.40. The summed E-state index contributed by atoms with van der Waals surface area (Å²) >= 11 is 7.25. The van der Waals surface area contributed by atoms with E-state index in [1.165, 1.54) is 16.7 Å². The van der Waals surface area contributed by atoms with Crippen molar-refractivity contribution in [2.45, 2.75) is 11.7 Å². The number of para-hydroxylation sites is 1. The maximum absolute atomic E-state index is 13.4. The van der Waals surface area contributed by atoms with E-state index < -0.39 is 11.2 Å². The average molecular weight is 460 g/mol. The van der Waals surface area contributed by atoms with Crippen LogP contribution >= 0.6 is 23.4 Å². The minimum Gasteiger partial charge on any atom is -0.321 e. The Morgan fingerprint density at radius 2 is 1.62 bits per heavy atom. The van der Waals surface area contributed by atoms with Crippen LogP contribution in [0, 0.1) is 11.3 Å². The Labute approximate surface area is 195 Å². The van der Waals surface area contributed by atoms with Crippen molar-refractivity contribution in [2.24, 2.45) is 0 Å². The number of carbonyl (C=O) groups excluding carboxylic acids is 2. The van der Waals surface area contributed by atoms with Crippen molar-refractivity contribution in [3.63, 3.8) is 0 Å². The van der Waals surface area contributed by atoms with Gasteiger partial charge in [-0.1, -0.05) is 71.9 Å². The van der Waals surface area contributed by atoms with Gasteiger partial charge in [0.15, 0.2) is 0 Å². The highest BCUT2D eigenvalue weighted by Gasteiger charge is 2.40. The second-order valence-electron chi connectivity index (χ2n) is 7.06. The van der Waals surface area contributed by atoms with E-state index in [0.29, 0.717) is 27.8 Å². The predicted octanol–water partition coefficient (Wildman–Crippen LogP) is 5.40. The van der Waals surface area contributed by atoms with Crippen molar-refractivity contribution in [2.75, 3.05) is 10.2 Å². The van der Waals surface area contributed by atoms with Crippen molar-refractivity contribution >= 4 is 46.6 Å². The summed E-state index contributed by atoms with van der Waals surface area (Å²) in [5.41, 5.74) is 2.01. The van der Waals surface area contributed by atoms with Gasteiger partial charge in [-0.2, -0.15) is 5.26 Å². The van der Waals surface area contributed by atoms with Crippen LogP contribution in [0.3, 0.4) is 0 Å². The number of hydrogen-bond acceptors (Lipinski definition) is 4. The molecule has 1 saturated heterocycles. The number of rotatable bonds is 5. The lowest BCUT2D eigenvalue weighted by Crippen LogP contribution is -2.30. The third-order valence-electron chi connectivity index (χ3n) is 4.89. The van der Waals surface area contributed by atoms with Crippen molar-refractivity contribution in [1.29, 1.82) is 5.26 Å². The van der Waals surface area contributed by atoms with Gasteiger partial charge in [0.1, 0.15) is 16.7 Å². The molecule has 1 aliphatic rings. The third kappa shape index (κ3) is 4.70. The molecule has 3 aromatic rings. The number of nitrogens with zero attached hydrogens (tertiary/aromatic N) is 2. The molecule has 7 heteroatoms. The molecule has 1 aliphatic heterocycles. The zero-order valence-electron chi connectivity index (χ0n) is 16.9. The SMILES string of the molecule is N#CC(C(=O)Nc1ccccc1)=C1SC(Cc2ccccc2)C(=O)N1c1ccc(Cl)cc1. The molecule has 158 valence electrons. The first kappa shape index (κ1) is 21.7. The van der Waals surface area contributed by atoms with Gasteiger partial charge in [0.05, 0.1) is 5.25 Å². The van der Waals surface area contributed by atoms with E-state index >= 15 is 0 Å². The van der Waals surface area contributed by atoms with E-state index in [1.54, 1.807) is 48.5 Å². The van der Waals surface area contributed by atoms with Crippen molar-refractivity contribution in [3.8, 4) is 6.07 Å². The summed E-state index contributed by atoms with van der Waals surface area (Å²) in [5, 5.41) is 13.0. The maximum atomic E-state index is 13.4. The van der Waals surface area contributed by atoms with Gasteiger partial charge in [-0.3, -0.25) is 14.5 Å². The lowest BCUT2D eigenvalue weighted by Gasteiger charge is -2.18. The number of hydrogen-bond donors (Lipinski definition) is 1. The Kier molecular flexibility index (Phi) is 6.60. The molecule has 5 nitrogen and oxygen atoms in total. The summed E-state index contributed by atoms with van der Waals surface area (Å²) in [6, 6.07) is 27.3.